The van der Waals surface area contributed by atoms with Gasteiger partial charge in [0.25, 0.3) is 6.43 Å². The molecule has 1 aliphatic carbocycles. The van der Waals surface area contributed by atoms with E-state index in [1.54, 1.807) is 25.4 Å². The molecular weight excluding hydrogens is 392 g/mol. The second-order valence-corrected chi connectivity index (χ2v) is 8.10. The minimum atomic E-state index is -2.49. The van der Waals surface area contributed by atoms with Crippen molar-refractivity contribution in [2.75, 3.05) is 5.32 Å². The zero-order chi connectivity index (χ0) is 21.0. The molecular formula is C20H21F2N7O. The predicted octanol–water partition coefficient (Wildman–Crippen LogP) is 3.27. The van der Waals surface area contributed by atoms with E-state index in [1.165, 1.54) is 4.57 Å². The van der Waals surface area contributed by atoms with E-state index >= 15 is 0 Å². The molecule has 8 nitrogen and oxygen atoms in total. The highest BCUT2D eigenvalue weighted by atomic mass is 19.3. The van der Waals surface area contributed by atoms with Gasteiger partial charge in [-0.3, -0.25) is 0 Å². The second kappa shape index (κ2) is 6.69. The number of imidazole rings is 1. The Kier molecular flexibility index (Phi) is 4.21. The van der Waals surface area contributed by atoms with Gasteiger partial charge in [0.1, 0.15) is 17.0 Å². The third-order valence-electron chi connectivity index (χ3n) is 5.52. The van der Waals surface area contributed by atoms with E-state index in [0.717, 1.165) is 10.9 Å². The van der Waals surface area contributed by atoms with Crippen molar-refractivity contribution >= 4 is 28.1 Å². The molecule has 0 unspecified atom stereocenters. The number of halogens is 2. The summed E-state index contributed by atoms with van der Waals surface area (Å²) in [6.07, 6.45) is 2.31. The van der Waals surface area contributed by atoms with E-state index < -0.39 is 18.6 Å². The number of hydrogen-bond donors (Lipinski definition) is 3. The fourth-order valence-corrected chi connectivity index (χ4v) is 4.10. The lowest BCUT2D eigenvalue weighted by molar-refractivity contribution is -0.0235. The average Bonchev–Trinajstić information content (AvgIpc) is 3.20. The number of fused-ring (bicyclic) bond motifs is 2. The van der Waals surface area contributed by atoms with Crippen molar-refractivity contribution in [3.05, 3.63) is 30.4 Å². The van der Waals surface area contributed by atoms with Crippen LogP contribution in [0.3, 0.4) is 0 Å². The molecule has 0 amide bonds. The van der Waals surface area contributed by atoms with Gasteiger partial charge in [0.05, 0.1) is 17.8 Å². The molecule has 10 heteroatoms. The van der Waals surface area contributed by atoms with Crippen molar-refractivity contribution in [2.24, 2.45) is 0 Å². The van der Waals surface area contributed by atoms with Crippen LogP contribution >= 0.6 is 0 Å². The molecule has 0 saturated heterocycles. The summed E-state index contributed by atoms with van der Waals surface area (Å²) in [5, 5.41) is 13.9. The van der Waals surface area contributed by atoms with Gasteiger partial charge in [-0.25, -0.2) is 23.7 Å². The van der Waals surface area contributed by atoms with Gasteiger partial charge in [0, 0.05) is 29.4 Å². The molecule has 1 aliphatic rings. The highest BCUT2D eigenvalue weighted by molar-refractivity contribution is 5.93. The molecule has 0 atom stereocenters. The highest BCUT2D eigenvalue weighted by Crippen LogP contribution is 2.34. The predicted molar refractivity (Wildman–Crippen MR) is 108 cm³/mol. The van der Waals surface area contributed by atoms with Crippen LogP contribution in [0.25, 0.3) is 33.5 Å². The Morgan fingerprint density at radius 2 is 2.10 bits per heavy atom. The number of anilines is 1. The zero-order valence-electron chi connectivity index (χ0n) is 16.5. The Labute approximate surface area is 170 Å². The lowest BCUT2D eigenvalue weighted by Crippen LogP contribution is -2.48. The fraction of sp³-hybridized carbons (Fsp3) is 0.400. The van der Waals surface area contributed by atoms with Crippen LogP contribution in [0.1, 0.15) is 25.6 Å². The second-order valence-electron chi connectivity index (χ2n) is 8.10. The Hall–Kier alpha value is -3.14. The van der Waals surface area contributed by atoms with Crippen molar-refractivity contribution in [1.29, 1.82) is 0 Å². The molecule has 3 N–H and O–H groups in total. The van der Waals surface area contributed by atoms with Crippen LogP contribution in [0, 0.1) is 6.92 Å². The third-order valence-corrected chi connectivity index (χ3v) is 5.52. The molecule has 0 bridgehead atoms. The molecule has 0 aromatic carbocycles. The summed E-state index contributed by atoms with van der Waals surface area (Å²) in [5.41, 5.74) is 2.44. The van der Waals surface area contributed by atoms with Crippen molar-refractivity contribution < 1.29 is 13.9 Å². The standard InChI is InChI=1S/C20H21F2N7O/c1-10-25-15-4-3-14(27-18(15)29(10)9-16(21)22)12-7-23-17-13(12)8-24-19(28-17)26-11-5-20(2,30)6-11/h3-4,7-8,11,16,30H,5-6,9H2,1-2H3,(H2,23,24,26,28)/t11-,20+. The molecule has 0 radical (unpaired) electrons. The van der Waals surface area contributed by atoms with Gasteiger partial charge < -0.3 is 20.0 Å². The smallest absolute Gasteiger partial charge is 0.256 e. The minimum absolute atomic E-state index is 0.148. The van der Waals surface area contributed by atoms with Crippen LogP contribution < -0.4 is 5.32 Å². The highest BCUT2D eigenvalue weighted by Gasteiger charge is 2.38. The summed E-state index contributed by atoms with van der Waals surface area (Å²) >= 11 is 0. The zero-order valence-corrected chi connectivity index (χ0v) is 16.5. The first kappa shape index (κ1) is 18.9. The molecule has 0 aliphatic heterocycles. The largest absolute Gasteiger partial charge is 0.390 e. The van der Waals surface area contributed by atoms with Crippen LogP contribution in [0.5, 0.6) is 0 Å². The van der Waals surface area contributed by atoms with E-state index in [9.17, 15) is 13.9 Å². The van der Waals surface area contributed by atoms with E-state index in [-0.39, 0.29) is 6.04 Å². The topological polar surface area (TPSA) is 105 Å². The number of H-pyrrole nitrogens is 1. The van der Waals surface area contributed by atoms with Gasteiger partial charge in [-0.15, -0.1) is 0 Å². The molecule has 30 heavy (non-hydrogen) atoms. The Morgan fingerprint density at radius 1 is 1.30 bits per heavy atom. The summed E-state index contributed by atoms with van der Waals surface area (Å²) < 4.78 is 27.4. The van der Waals surface area contributed by atoms with E-state index in [4.69, 9.17) is 0 Å². The number of aromatic nitrogens is 6. The third kappa shape index (κ3) is 3.26. The number of rotatable bonds is 5. The molecule has 5 rings (SSSR count). The number of aliphatic hydroxyl groups is 1. The number of nitrogens with zero attached hydrogens (tertiary/aromatic N) is 5. The van der Waals surface area contributed by atoms with Crippen molar-refractivity contribution in [3.63, 3.8) is 0 Å². The SMILES string of the molecule is Cc1nc2ccc(-c3c[nH]c4nc(N[C@H]5C[C@@](C)(O)C5)ncc34)nc2n1CC(F)F. The van der Waals surface area contributed by atoms with Gasteiger partial charge in [-0.2, -0.15) is 4.98 Å². The lowest BCUT2D eigenvalue weighted by atomic mass is 9.77. The van der Waals surface area contributed by atoms with Crippen molar-refractivity contribution in [1.82, 2.24) is 29.5 Å². The first-order valence-electron chi connectivity index (χ1n) is 9.74. The lowest BCUT2D eigenvalue weighted by Gasteiger charge is -2.41. The van der Waals surface area contributed by atoms with Gasteiger partial charge in [0.15, 0.2) is 5.65 Å². The Morgan fingerprint density at radius 3 is 2.83 bits per heavy atom. The monoisotopic (exact) mass is 413 g/mol. The van der Waals surface area contributed by atoms with E-state index in [0.29, 0.717) is 47.1 Å². The summed E-state index contributed by atoms with van der Waals surface area (Å²) in [5.74, 6) is 0.994. The average molecular weight is 413 g/mol. The maximum Gasteiger partial charge on any atom is 0.256 e. The first-order chi connectivity index (χ1) is 14.3. The van der Waals surface area contributed by atoms with E-state index in [2.05, 4.69) is 30.2 Å². The van der Waals surface area contributed by atoms with Gasteiger partial charge >= 0.3 is 0 Å². The quantitative estimate of drug-likeness (QED) is 0.464. The van der Waals surface area contributed by atoms with Crippen LogP contribution in [0.2, 0.25) is 0 Å². The number of aromatic amines is 1. The minimum Gasteiger partial charge on any atom is -0.390 e. The van der Waals surface area contributed by atoms with Gasteiger partial charge in [-0.05, 0) is 38.8 Å². The summed E-state index contributed by atoms with van der Waals surface area (Å²) in [7, 11) is 0. The first-order valence-corrected chi connectivity index (χ1v) is 9.74. The van der Waals surface area contributed by atoms with Crippen molar-refractivity contribution in [3.8, 4) is 11.3 Å². The summed E-state index contributed by atoms with van der Waals surface area (Å²) in [4.78, 5) is 21.0. The van der Waals surface area contributed by atoms with Crippen LogP contribution in [-0.4, -0.2) is 52.7 Å². The summed E-state index contributed by atoms with van der Waals surface area (Å²) in [6, 6.07) is 3.74. The maximum absolute atomic E-state index is 13.0. The van der Waals surface area contributed by atoms with Gasteiger partial charge in [-0.1, -0.05) is 0 Å². The van der Waals surface area contributed by atoms with Gasteiger partial charge in [0.2, 0.25) is 5.95 Å². The van der Waals surface area contributed by atoms with Crippen molar-refractivity contribution in [2.45, 2.75) is 51.3 Å². The van der Waals surface area contributed by atoms with Crippen LogP contribution in [0.15, 0.2) is 24.5 Å². The molecule has 156 valence electrons. The number of nitrogens with one attached hydrogen (secondary N) is 2. The van der Waals surface area contributed by atoms with Crippen LogP contribution in [-0.2, 0) is 6.54 Å². The number of aryl methyl sites for hydroxylation is 1. The number of alkyl halides is 2. The van der Waals surface area contributed by atoms with E-state index in [1.807, 2.05) is 13.0 Å². The van der Waals surface area contributed by atoms with Crippen LogP contribution in [0.4, 0.5) is 14.7 Å². The fourth-order valence-electron chi connectivity index (χ4n) is 4.10. The molecule has 4 aromatic rings. The Bertz CT molecular complexity index is 1240. The number of pyridine rings is 1. The molecule has 0 spiro atoms. The molecule has 4 aromatic heterocycles. The maximum atomic E-state index is 13.0. The Balaban J connectivity index is 1.48. The number of hydrogen-bond acceptors (Lipinski definition) is 6. The molecule has 4 heterocycles. The molecule has 1 fully saturated rings. The molecule has 1 saturated carbocycles. The summed E-state index contributed by atoms with van der Waals surface area (Å²) in [6.45, 7) is 3.06. The normalized spacial score (nSPS) is 21.5.